The first-order valence-corrected chi connectivity index (χ1v) is 7.73. The van der Waals surface area contributed by atoms with Gasteiger partial charge in [0.15, 0.2) is 0 Å². The normalized spacial score (nSPS) is 10.5. The Kier molecular flexibility index (Phi) is 4.71. The first kappa shape index (κ1) is 14.2. The van der Waals surface area contributed by atoms with Gasteiger partial charge in [0.25, 0.3) is 0 Å². The lowest BCUT2D eigenvalue weighted by molar-refractivity contribution is 0.342. The Bertz CT molecular complexity index is 556. The van der Waals surface area contributed by atoms with E-state index in [-0.39, 0.29) is 0 Å². The summed E-state index contributed by atoms with van der Waals surface area (Å²) in [7, 11) is 2.06. The maximum absolute atomic E-state index is 5.88. The molecule has 0 atom stereocenters. The summed E-state index contributed by atoms with van der Waals surface area (Å²) < 4.78 is 6.66. The summed E-state index contributed by atoms with van der Waals surface area (Å²) in [5.41, 5.74) is 7.66. The SMILES string of the molecule is CCOc1cc(N(C)Cc2cc(Br)cs2)ccc1N. The molecule has 2 rings (SSSR count). The fourth-order valence-electron chi connectivity index (χ4n) is 1.80. The molecule has 0 unspecified atom stereocenters. The maximum Gasteiger partial charge on any atom is 0.144 e. The van der Waals surface area contributed by atoms with Crippen molar-refractivity contribution in [1.29, 1.82) is 0 Å². The van der Waals surface area contributed by atoms with Crippen LogP contribution in [0.5, 0.6) is 5.75 Å². The molecule has 1 aromatic carbocycles. The Hall–Kier alpha value is -1.20. The van der Waals surface area contributed by atoms with E-state index in [9.17, 15) is 0 Å². The van der Waals surface area contributed by atoms with E-state index in [1.807, 2.05) is 25.1 Å². The molecular formula is C14H17BrN2OS. The van der Waals surface area contributed by atoms with Gasteiger partial charge in [-0.25, -0.2) is 0 Å². The van der Waals surface area contributed by atoms with Crippen LogP contribution in [0.25, 0.3) is 0 Å². The topological polar surface area (TPSA) is 38.5 Å². The molecule has 1 aromatic heterocycles. The van der Waals surface area contributed by atoms with Gasteiger partial charge in [0.1, 0.15) is 5.75 Å². The first-order valence-electron chi connectivity index (χ1n) is 6.06. The molecule has 0 fully saturated rings. The Morgan fingerprint density at radius 1 is 1.37 bits per heavy atom. The van der Waals surface area contributed by atoms with Crippen molar-refractivity contribution in [3.8, 4) is 5.75 Å². The van der Waals surface area contributed by atoms with Gasteiger partial charge in [-0.3, -0.25) is 0 Å². The van der Waals surface area contributed by atoms with Crippen LogP contribution >= 0.6 is 27.3 Å². The van der Waals surface area contributed by atoms with Gasteiger partial charge in [0.2, 0.25) is 0 Å². The Morgan fingerprint density at radius 2 is 2.16 bits per heavy atom. The minimum atomic E-state index is 0.620. The van der Waals surface area contributed by atoms with Crippen LogP contribution in [0, 0.1) is 0 Å². The van der Waals surface area contributed by atoms with Gasteiger partial charge in [0.05, 0.1) is 18.8 Å². The molecular weight excluding hydrogens is 324 g/mol. The fourth-order valence-corrected chi connectivity index (χ4v) is 3.31. The largest absolute Gasteiger partial charge is 0.492 e. The van der Waals surface area contributed by atoms with Crippen molar-refractivity contribution in [3.05, 3.63) is 39.0 Å². The highest BCUT2D eigenvalue weighted by atomic mass is 79.9. The van der Waals surface area contributed by atoms with E-state index < -0.39 is 0 Å². The average Bonchev–Trinajstić information content (AvgIpc) is 2.77. The number of hydrogen-bond acceptors (Lipinski definition) is 4. The van der Waals surface area contributed by atoms with E-state index in [0.717, 1.165) is 22.5 Å². The van der Waals surface area contributed by atoms with Crippen molar-refractivity contribution in [2.45, 2.75) is 13.5 Å². The summed E-state index contributed by atoms with van der Waals surface area (Å²) in [4.78, 5) is 3.49. The molecule has 0 aliphatic carbocycles. The number of nitrogens with two attached hydrogens (primary N) is 1. The molecule has 19 heavy (non-hydrogen) atoms. The molecule has 0 saturated carbocycles. The number of nitrogens with zero attached hydrogens (tertiary/aromatic N) is 1. The average molecular weight is 341 g/mol. The lowest BCUT2D eigenvalue weighted by Crippen LogP contribution is -2.15. The summed E-state index contributed by atoms with van der Waals surface area (Å²) in [5.74, 6) is 0.749. The summed E-state index contributed by atoms with van der Waals surface area (Å²) in [6, 6.07) is 8.03. The second kappa shape index (κ2) is 6.30. The molecule has 102 valence electrons. The fraction of sp³-hybridized carbons (Fsp3) is 0.286. The monoisotopic (exact) mass is 340 g/mol. The van der Waals surface area contributed by atoms with Gasteiger partial charge in [-0.05, 0) is 41.1 Å². The summed E-state index contributed by atoms with van der Waals surface area (Å²) in [6.07, 6.45) is 0. The molecule has 0 aliphatic heterocycles. The van der Waals surface area contributed by atoms with Crippen molar-refractivity contribution in [3.63, 3.8) is 0 Å². The highest BCUT2D eigenvalue weighted by molar-refractivity contribution is 9.10. The maximum atomic E-state index is 5.88. The van der Waals surface area contributed by atoms with E-state index in [0.29, 0.717) is 12.3 Å². The third kappa shape index (κ3) is 3.64. The predicted molar refractivity (Wildman–Crippen MR) is 86.1 cm³/mol. The number of hydrogen-bond donors (Lipinski definition) is 1. The summed E-state index contributed by atoms with van der Waals surface area (Å²) in [6.45, 7) is 3.44. The molecule has 0 saturated heterocycles. The molecule has 0 radical (unpaired) electrons. The van der Waals surface area contributed by atoms with Crippen LogP contribution in [0.15, 0.2) is 34.1 Å². The van der Waals surface area contributed by atoms with E-state index in [2.05, 4.69) is 39.3 Å². The van der Waals surface area contributed by atoms with Gasteiger partial charge in [-0.1, -0.05) is 0 Å². The molecule has 0 aliphatic rings. The van der Waals surface area contributed by atoms with Crippen molar-refractivity contribution >= 4 is 38.6 Å². The number of nitrogen functional groups attached to an aromatic ring is 1. The van der Waals surface area contributed by atoms with Gasteiger partial charge in [0, 0.05) is 33.5 Å². The molecule has 0 spiro atoms. The molecule has 1 heterocycles. The third-order valence-electron chi connectivity index (χ3n) is 2.75. The number of rotatable bonds is 5. The van der Waals surface area contributed by atoms with Gasteiger partial charge < -0.3 is 15.4 Å². The highest BCUT2D eigenvalue weighted by Gasteiger charge is 2.07. The van der Waals surface area contributed by atoms with Crippen molar-refractivity contribution < 1.29 is 4.74 Å². The first-order chi connectivity index (χ1) is 9.10. The zero-order chi connectivity index (χ0) is 13.8. The quantitative estimate of drug-likeness (QED) is 0.831. The zero-order valence-corrected chi connectivity index (χ0v) is 13.4. The number of thiophene rings is 1. The second-order valence-corrected chi connectivity index (χ2v) is 6.15. The minimum absolute atomic E-state index is 0.620. The van der Waals surface area contributed by atoms with Crippen LogP contribution < -0.4 is 15.4 Å². The predicted octanol–water partition coefficient (Wildman–Crippen LogP) is 4.13. The van der Waals surface area contributed by atoms with Crippen LogP contribution in [0.3, 0.4) is 0 Å². The van der Waals surface area contributed by atoms with E-state index >= 15 is 0 Å². The van der Waals surface area contributed by atoms with Gasteiger partial charge in [-0.2, -0.15) is 0 Å². The van der Waals surface area contributed by atoms with Crippen molar-refractivity contribution in [1.82, 2.24) is 0 Å². The number of benzene rings is 1. The summed E-state index contributed by atoms with van der Waals surface area (Å²) >= 11 is 5.22. The molecule has 2 aromatic rings. The van der Waals surface area contributed by atoms with E-state index in [1.54, 1.807) is 11.3 Å². The van der Waals surface area contributed by atoms with Crippen LogP contribution in [0.2, 0.25) is 0 Å². The van der Waals surface area contributed by atoms with Gasteiger partial charge >= 0.3 is 0 Å². The smallest absolute Gasteiger partial charge is 0.144 e. The van der Waals surface area contributed by atoms with Crippen LogP contribution in [-0.4, -0.2) is 13.7 Å². The molecule has 2 N–H and O–H groups in total. The second-order valence-electron chi connectivity index (χ2n) is 4.24. The number of anilines is 2. The Morgan fingerprint density at radius 3 is 2.79 bits per heavy atom. The van der Waals surface area contributed by atoms with E-state index in [1.165, 1.54) is 4.88 Å². The zero-order valence-electron chi connectivity index (χ0n) is 11.0. The molecule has 0 bridgehead atoms. The number of halogens is 1. The minimum Gasteiger partial charge on any atom is -0.492 e. The number of ether oxygens (including phenoxy) is 1. The van der Waals surface area contributed by atoms with Crippen LogP contribution in [-0.2, 0) is 6.54 Å². The van der Waals surface area contributed by atoms with E-state index in [4.69, 9.17) is 10.5 Å². The lowest BCUT2D eigenvalue weighted by atomic mass is 10.2. The molecule has 5 heteroatoms. The van der Waals surface area contributed by atoms with Crippen LogP contribution in [0.1, 0.15) is 11.8 Å². The van der Waals surface area contributed by atoms with Gasteiger partial charge in [-0.15, -0.1) is 11.3 Å². The summed E-state index contributed by atoms with van der Waals surface area (Å²) in [5, 5.41) is 2.10. The standard InChI is InChI=1S/C14H17BrN2OS/c1-3-18-14-7-11(4-5-13(14)16)17(2)8-12-6-10(15)9-19-12/h4-7,9H,3,8,16H2,1-2H3. The Balaban J connectivity index is 2.14. The molecule has 3 nitrogen and oxygen atoms in total. The lowest BCUT2D eigenvalue weighted by Gasteiger charge is -2.20. The van der Waals surface area contributed by atoms with Crippen LogP contribution in [0.4, 0.5) is 11.4 Å². The highest BCUT2D eigenvalue weighted by Crippen LogP contribution is 2.29. The molecule has 0 amide bonds. The Labute approximate surface area is 126 Å². The van der Waals surface area contributed by atoms with Crippen molar-refractivity contribution in [2.24, 2.45) is 0 Å². The van der Waals surface area contributed by atoms with Crippen molar-refractivity contribution in [2.75, 3.05) is 24.3 Å². The third-order valence-corrected chi connectivity index (χ3v) is 4.43.